The van der Waals surface area contributed by atoms with Crippen molar-refractivity contribution in [3.05, 3.63) is 87.9 Å². The Morgan fingerprint density at radius 3 is 2.54 bits per heavy atom. The predicted octanol–water partition coefficient (Wildman–Crippen LogP) is 4.74. The molecule has 2 heterocycles. The lowest BCUT2D eigenvalue weighted by Crippen LogP contribution is -2.50. The number of thiazole rings is 1. The van der Waals surface area contributed by atoms with Gasteiger partial charge in [0, 0.05) is 44.1 Å². The maximum atomic E-state index is 12.7. The van der Waals surface area contributed by atoms with Gasteiger partial charge in [0.05, 0.1) is 10.7 Å². The number of carbonyl (C=O) groups excluding carboxylic acids is 2. The van der Waals surface area contributed by atoms with E-state index in [4.69, 9.17) is 4.74 Å². The molecule has 1 aromatic heterocycles. The molecule has 35 heavy (non-hydrogen) atoms. The number of nitrogens with zero attached hydrogens (tertiary/aromatic N) is 3. The highest BCUT2D eigenvalue weighted by Crippen LogP contribution is 2.17. The van der Waals surface area contributed by atoms with Crippen LogP contribution in [0.3, 0.4) is 0 Å². The molecule has 0 radical (unpaired) electrons. The second-order valence-corrected chi connectivity index (χ2v) is 9.66. The van der Waals surface area contributed by atoms with Crippen molar-refractivity contribution in [3.8, 4) is 5.75 Å². The predicted molar refractivity (Wildman–Crippen MR) is 139 cm³/mol. The van der Waals surface area contributed by atoms with E-state index in [9.17, 15) is 9.59 Å². The van der Waals surface area contributed by atoms with Crippen molar-refractivity contribution in [2.75, 3.05) is 26.2 Å². The van der Waals surface area contributed by atoms with Crippen LogP contribution in [0.2, 0.25) is 0 Å². The molecule has 0 saturated carbocycles. The van der Waals surface area contributed by atoms with Crippen LogP contribution >= 0.6 is 11.3 Å². The Hall–Kier alpha value is -3.45. The van der Waals surface area contributed by atoms with E-state index in [1.807, 2.05) is 65.7 Å². The number of hydrogen-bond acceptors (Lipinski definition) is 5. The summed E-state index contributed by atoms with van der Waals surface area (Å²) in [6.45, 7) is 4.69. The Labute approximate surface area is 210 Å². The van der Waals surface area contributed by atoms with Crippen LogP contribution in [-0.4, -0.2) is 52.8 Å². The van der Waals surface area contributed by atoms with E-state index in [-0.39, 0.29) is 11.8 Å². The average molecular weight is 490 g/mol. The molecule has 3 aromatic rings. The number of aryl methyl sites for hydroxylation is 2. The summed E-state index contributed by atoms with van der Waals surface area (Å²) in [6, 6.07) is 17.9. The van der Waals surface area contributed by atoms with Gasteiger partial charge in [0.2, 0.25) is 11.8 Å². The number of ether oxygens (including phenoxy) is 1. The first-order valence-corrected chi connectivity index (χ1v) is 12.9. The van der Waals surface area contributed by atoms with Gasteiger partial charge in [-0.3, -0.25) is 9.59 Å². The molecule has 1 fully saturated rings. The lowest BCUT2D eigenvalue weighted by atomic mass is 10.1. The SMILES string of the molecule is Cc1nc(COc2cccc(/C=C/C(=O)N3CCN(C(=O)CCCc4ccccc4)CC3)c2)cs1. The van der Waals surface area contributed by atoms with E-state index < -0.39 is 0 Å². The molecule has 0 bridgehead atoms. The van der Waals surface area contributed by atoms with E-state index in [0.717, 1.165) is 34.9 Å². The number of amides is 2. The zero-order chi connectivity index (χ0) is 24.5. The van der Waals surface area contributed by atoms with Crippen molar-refractivity contribution in [1.82, 2.24) is 14.8 Å². The molecule has 2 amide bonds. The number of rotatable bonds is 9. The van der Waals surface area contributed by atoms with Gasteiger partial charge in [-0.15, -0.1) is 11.3 Å². The number of carbonyl (C=O) groups is 2. The van der Waals surface area contributed by atoms with Gasteiger partial charge in [-0.05, 0) is 49.1 Å². The second-order valence-electron chi connectivity index (χ2n) is 8.60. The fourth-order valence-corrected chi connectivity index (χ4v) is 4.63. The third-order valence-corrected chi connectivity index (χ3v) is 6.80. The second kappa shape index (κ2) is 12.3. The van der Waals surface area contributed by atoms with E-state index in [1.165, 1.54) is 5.56 Å². The molecule has 7 heteroatoms. The minimum Gasteiger partial charge on any atom is -0.487 e. The van der Waals surface area contributed by atoms with Crippen molar-refractivity contribution in [2.45, 2.75) is 32.8 Å². The van der Waals surface area contributed by atoms with E-state index >= 15 is 0 Å². The molecule has 0 unspecified atom stereocenters. The first-order chi connectivity index (χ1) is 17.1. The largest absolute Gasteiger partial charge is 0.487 e. The Morgan fingerprint density at radius 2 is 1.80 bits per heavy atom. The van der Waals surface area contributed by atoms with Crippen molar-refractivity contribution < 1.29 is 14.3 Å². The summed E-state index contributed by atoms with van der Waals surface area (Å²) in [6.07, 6.45) is 5.70. The van der Waals surface area contributed by atoms with Crippen molar-refractivity contribution in [3.63, 3.8) is 0 Å². The van der Waals surface area contributed by atoms with Crippen LogP contribution in [0.1, 0.15) is 34.7 Å². The molecule has 0 spiro atoms. The van der Waals surface area contributed by atoms with Crippen LogP contribution in [0, 0.1) is 6.92 Å². The standard InChI is InChI=1S/C28H31N3O3S/c1-22-29-25(21-35-22)20-34-26-11-5-10-24(19-26)13-14-28(33)31-17-15-30(16-18-31)27(32)12-6-9-23-7-3-2-4-8-23/h2-5,7-8,10-11,13-14,19,21H,6,9,12,15-18,20H2,1H3/b14-13+. The third kappa shape index (κ3) is 7.52. The number of aromatic nitrogens is 1. The minimum atomic E-state index is -0.0366. The van der Waals surface area contributed by atoms with Crippen LogP contribution in [0.5, 0.6) is 5.75 Å². The van der Waals surface area contributed by atoms with Crippen molar-refractivity contribution >= 4 is 29.2 Å². The molecule has 1 aliphatic heterocycles. The summed E-state index contributed by atoms with van der Waals surface area (Å²) in [4.78, 5) is 33.3. The highest BCUT2D eigenvalue weighted by atomic mass is 32.1. The zero-order valence-electron chi connectivity index (χ0n) is 20.1. The normalized spacial score (nSPS) is 13.9. The van der Waals surface area contributed by atoms with Crippen molar-refractivity contribution in [2.24, 2.45) is 0 Å². The highest BCUT2D eigenvalue weighted by Gasteiger charge is 2.22. The van der Waals surface area contributed by atoms with Crippen LogP contribution in [0.25, 0.3) is 6.08 Å². The van der Waals surface area contributed by atoms with Crippen LogP contribution < -0.4 is 4.74 Å². The molecule has 1 aliphatic rings. The summed E-state index contributed by atoms with van der Waals surface area (Å²) in [5.74, 6) is 0.878. The quantitative estimate of drug-likeness (QED) is 0.408. The first kappa shape index (κ1) is 24.7. The molecule has 4 rings (SSSR count). The minimum absolute atomic E-state index is 0.0366. The van der Waals surface area contributed by atoms with Gasteiger partial charge in [0.1, 0.15) is 12.4 Å². The van der Waals surface area contributed by atoms with Gasteiger partial charge in [0.25, 0.3) is 0 Å². The summed E-state index contributed by atoms with van der Waals surface area (Å²) >= 11 is 1.61. The maximum absolute atomic E-state index is 12.7. The summed E-state index contributed by atoms with van der Waals surface area (Å²) in [5, 5.41) is 3.02. The smallest absolute Gasteiger partial charge is 0.246 e. The first-order valence-electron chi connectivity index (χ1n) is 12.0. The maximum Gasteiger partial charge on any atom is 0.246 e. The van der Waals surface area contributed by atoms with E-state index in [0.29, 0.717) is 39.2 Å². The number of benzene rings is 2. The van der Waals surface area contributed by atoms with Gasteiger partial charge >= 0.3 is 0 Å². The molecule has 0 atom stereocenters. The topological polar surface area (TPSA) is 62.7 Å². The Morgan fingerprint density at radius 1 is 1.03 bits per heavy atom. The molecular formula is C28H31N3O3S. The summed E-state index contributed by atoms with van der Waals surface area (Å²) in [7, 11) is 0. The molecule has 1 saturated heterocycles. The highest BCUT2D eigenvalue weighted by molar-refractivity contribution is 7.09. The van der Waals surface area contributed by atoms with Gasteiger partial charge in [0.15, 0.2) is 0 Å². The van der Waals surface area contributed by atoms with E-state index in [2.05, 4.69) is 17.1 Å². The zero-order valence-corrected chi connectivity index (χ0v) is 20.9. The van der Waals surface area contributed by atoms with Gasteiger partial charge < -0.3 is 14.5 Å². The fourth-order valence-electron chi connectivity index (χ4n) is 4.04. The molecule has 6 nitrogen and oxygen atoms in total. The summed E-state index contributed by atoms with van der Waals surface area (Å²) < 4.78 is 5.83. The molecule has 182 valence electrons. The lowest BCUT2D eigenvalue weighted by Gasteiger charge is -2.34. The molecule has 0 aliphatic carbocycles. The van der Waals surface area contributed by atoms with Crippen LogP contribution in [0.4, 0.5) is 0 Å². The number of hydrogen-bond donors (Lipinski definition) is 0. The summed E-state index contributed by atoms with van der Waals surface area (Å²) in [5.41, 5.74) is 3.07. The van der Waals surface area contributed by atoms with Crippen LogP contribution in [0.15, 0.2) is 66.1 Å². The Kier molecular flexibility index (Phi) is 8.68. The van der Waals surface area contributed by atoms with E-state index in [1.54, 1.807) is 22.3 Å². The fraction of sp³-hybridized carbons (Fsp3) is 0.321. The van der Waals surface area contributed by atoms with Gasteiger partial charge in [-0.2, -0.15) is 0 Å². The van der Waals surface area contributed by atoms with Crippen molar-refractivity contribution in [1.29, 1.82) is 0 Å². The molecule has 2 aromatic carbocycles. The molecular weight excluding hydrogens is 458 g/mol. The Balaban J connectivity index is 1.20. The van der Waals surface area contributed by atoms with Gasteiger partial charge in [-0.25, -0.2) is 4.98 Å². The monoisotopic (exact) mass is 489 g/mol. The Bertz CT molecular complexity index is 1150. The number of piperazine rings is 1. The van der Waals surface area contributed by atoms with Gasteiger partial charge in [-0.1, -0.05) is 42.5 Å². The molecule has 0 N–H and O–H groups in total. The average Bonchev–Trinajstić information content (AvgIpc) is 3.32. The van der Waals surface area contributed by atoms with Crippen LogP contribution in [-0.2, 0) is 22.6 Å². The lowest BCUT2D eigenvalue weighted by molar-refractivity contribution is -0.137. The third-order valence-electron chi connectivity index (χ3n) is 5.97.